The molecule has 4 rings (SSSR count). The molecule has 33 heavy (non-hydrogen) atoms. The van der Waals surface area contributed by atoms with Crippen LogP contribution in [0.2, 0.25) is 0 Å². The number of ether oxygens (including phenoxy) is 2. The van der Waals surface area contributed by atoms with E-state index in [1.165, 1.54) is 0 Å². The number of fused-ring (bicyclic) bond motifs is 1. The molecule has 178 valence electrons. The number of H-pyrrole nitrogens is 1. The van der Waals surface area contributed by atoms with Crippen molar-refractivity contribution < 1.29 is 14.3 Å². The molecular weight excluding hydrogens is 486 g/mol. The molecule has 8 heteroatoms. The first-order valence-electron chi connectivity index (χ1n) is 11.5. The molecule has 0 bridgehead atoms. The van der Waals surface area contributed by atoms with Crippen LogP contribution >= 0.6 is 15.9 Å². The fourth-order valence-electron chi connectivity index (χ4n) is 4.89. The van der Waals surface area contributed by atoms with Gasteiger partial charge < -0.3 is 24.7 Å². The van der Waals surface area contributed by atoms with Crippen molar-refractivity contribution >= 4 is 21.8 Å². The molecule has 3 heterocycles. The molecule has 0 saturated carbocycles. The Kier molecular flexibility index (Phi) is 6.60. The average molecular weight is 518 g/mol. The Bertz CT molecular complexity index is 1140. The number of nitrogens with zero attached hydrogens (tertiary/aromatic N) is 1. The number of pyridine rings is 1. The van der Waals surface area contributed by atoms with Gasteiger partial charge in [-0.15, -0.1) is 0 Å². The van der Waals surface area contributed by atoms with Gasteiger partial charge in [-0.05, 0) is 86.9 Å². The minimum absolute atomic E-state index is 0.152. The van der Waals surface area contributed by atoms with Crippen LogP contribution < -0.4 is 20.3 Å². The number of nitrogens with one attached hydrogen (secondary N) is 2. The second kappa shape index (κ2) is 9.14. The first-order valence-corrected chi connectivity index (χ1v) is 12.3. The molecule has 0 aliphatic carbocycles. The smallest absolute Gasteiger partial charge is 0.253 e. The van der Waals surface area contributed by atoms with Gasteiger partial charge in [0.2, 0.25) is 0 Å². The summed E-state index contributed by atoms with van der Waals surface area (Å²) in [7, 11) is 0. The maximum absolute atomic E-state index is 13.1. The highest BCUT2D eigenvalue weighted by molar-refractivity contribution is 9.10. The lowest BCUT2D eigenvalue weighted by molar-refractivity contribution is -0.124. The number of likely N-dealkylation sites (tertiary alicyclic amines) is 1. The van der Waals surface area contributed by atoms with Gasteiger partial charge in [-0.2, -0.15) is 0 Å². The molecule has 1 aromatic carbocycles. The van der Waals surface area contributed by atoms with E-state index >= 15 is 0 Å². The van der Waals surface area contributed by atoms with Crippen molar-refractivity contribution in [3.8, 4) is 11.5 Å². The lowest BCUT2D eigenvalue weighted by Gasteiger charge is -2.38. The van der Waals surface area contributed by atoms with Gasteiger partial charge in [0.1, 0.15) is 0 Å². The van der Waals surface area contributed by atoms with Crippen LogP contribution in [0.4, 0.5) is 0 Å². The number of hydrogen-bond donors (Lipinski definition) is 2. The fourth-order valence-corrected chi connectivity index (χ4v) is 5.38. The Morgan fingerprint density at radius 1 is 1.21 bits per heavy atom. The number of benzene rings is 1. The molecule has 1 amide bonds. The Balaban J connectivity index is 1.53. The minimum Gasteiger partial charge on any atom is -0.448 e. The van der Waals surface area contributed by atoms with Gasteiger partial charge in [-0.25, -0.2) is 0 Å². The highest BCUT2D eigenvalue weighted by Gasteiger charge is 2.47. The zero-order chi connectivity index (χ0) is 23.9. The third-order valence-corrected chi connectivity index (χ3v) is 7.58. The van der Waals surface area contributed by atoms with Crippen molar-refractivity contribution in [2.45, 2.75) is 59.8 Å². The van der Waals surface area contributed by atoms with E-state index in [9.17, 15) is 9.59 Å². The first kappa shape index (κ1) is 23.8. The van der Waals surface area contributed by atoms with Gasteiger partial charge >= 0.3 is 0 Å². The molecule has 1 aromatic heterocycles. The SMILES string of the molecule is CCN1CCC([C@@]2(C)Oc3c(Br)cc(C(=O)NCc4c(C)cc(C)[nH]c4=O)c(C)c3O2)CC1. The van der Waals surface area contributed by atoms with Crippen LogP contribution in [0.15, 0.2) is 21.4 Å². The summed E-state index contributed by atoms with van der Waals surface area (Å²) in [5.74, 6) is 0.516. The van der Waals surface area contributed by atoms with Crippen LogP contribution in [0.25, 0.3) is 0 Å². The van der Waals surface area contributed by atoms with Gasteiger partial charge in [0, 0.05) is 41.8 Å². The number of amides is 1. The number of halogens is 1. The minimum atomic E-state index is -0.753. The van der Waals surface area contributed by atoms with Crippen LogP contribution in [-0.2, 0) is 6.54 Å². The Labute approximate surface area is 203 Å². The Morgan fingerprint density at radius 3 is 2.52 bits per heavy atom. The zero-order valence-electron chi connectivity index (χ0n) is 19.9. The van der Waals surface area contributed by atoms with Crippen molar-refractivity contribution in [2.24, 2.45) is 5.92 Å². The predicted molar refractivity (Wildman–Crippen MR) is 131 cm³/mol. The largest absolute Gasteiger partial charge is 0.448 e. The van der Waals surface area contributed by atoms with Crippen molar-refractivity contribution in [1.29, 1.82) is 0 Å². The maximum atomic E-state index is 13.1. The molecule has 2 aliphatic heterocycles. The van der Waals surface area contributed by atoms with Crippen LogP contribution in [0, 0.1) is 26.7 Å². The molecule has 1 saturated heterocycles. The molecule has 2 N–H and O–H groups in total. The van der Waals surface area contributed by atoms with Crippen LogP contribution in [-0.4, -0.2) is 41.2 Å². The topological polar surface area (TPSA) is 83.7 Å². The second-order valence-corrected chi connectivity index (χ2v) is 10.1. The van der Waals surface area contributed by atoms with Crippen molar-refractivity contribution in [3.05, 3.63) is 54.9 Å². The number of aromatic nitrogens is 1. The number of rotatable bonds is 5. The predicted octanol–water partition coefficient (Wildman–Crippen LogP) is 4.21. The van der Waals surface area contributed by atoms with Crippen LogP contribution in [0.5, 0.6) is 11.5 Å². The summed E-state index contributed by atoms with van der Waals surface area (Å²) < 4.78 is 13.5. The maximum Gasteiger partial charge on any atom is 0.253 e. The molecule has 1 atom stereocenters. The zero-order valence-corrected chi connectivity index (χ0v) is 21.5. The van der Waals surface area contributed by atoms with E-state index in [2.05, 4.69) is 38.1 Å². The summed E-state index contributed by atoms with van der Waals surface area (Å²) in [5.41, 5.74) is 3.25. The number of carbonyl (C=O) groups excluding carboxylic acids is 1. The highest BCUT2D eigenvalue weighted by atomic mass is 79.9. The summed E-state index contributed by atoms with van der Waals surface area (Å²) in [6.45, 7) is 13.0. The highest BCUT2D eigenvalue weighted by Crippen LogP contribution is 2.51. The van der Waals surface area contributed by atoms with Gasteiger partial charge in [-0.1, -0.05) is 6.92 Å². The summed E-state index contributed by atoms with van der Waals surface area (Å²) >= 11 is 3.58. The number of hydrogen-bond acceptors (Lipinski definition) is 5. The number of aromatic amines is 1. The normalized spacial score (nSPS) is 20.8. The van der Waals surface area contributed by atoms with E-state index < -0.39 is 5.79 Å². The third kappa shape index (κ3) is 4.55. The summed E-state index contributed by atoms with van der Waals surface area (Å²) in [6, 6.07) is 3.67. The summed E-state index contributed by atoms with van der Waals surface area (Å²) in [6.07, 6.45) is 2.01. The first-order chi connectivity index (χ1) is 15.6. The molecule has 7 nitrogen and oxygen atoms in total. The van der Waals surface area contributed by atoms with Gasteiger partial charge in [0.25, 0.3) is 17.3 Å². The van der Waals surface area contributed by atoms with Crippen LogP contribution in [0.3, 0.4) is 0 Å². The molecule has 2 aromatic rings. The number of piperidine rings is 1. The standard InChI is InChI=1S/C25H32BrN3O4/c1-6-29-9-7-17(8-10-29)25(5)32-21-16(4)18(12-20(26)22(21)33-25)23(30)27-13-19-14(2)11-15(3)28-24(19)31/h11-12,17H,6-10,13H2,1-5H3,(H,27,30)(H,28,31)/t25-/m1/s1. The van der Waals surface area contributed by atoms with E-state index in [0.717, 1.165) is 49.3 Å². The lowest BCUT2D eigenvalue weighted by atomic mass is 9.89. The average Bonchev–Trinajstić information content (AvgIpc) is 3.15. The Hall–Kier alpha value is -2.32. The monoisotopic (exact) mass is 517 g/mol. The lowest BCUT2D eigenvalue weighted by Crippen LogP contribution is -2.48. The van der Waals surface area contributed by atoms with E-state index in [0.29, 0.717) is 27.1 Å². The molecule has 0 radical (unpaired) electrons. The van der Waals surface area contributed by atoms with E-state index in [1.54, 1.807) is 6.07 Å². The fraction of sp³-hybridized carbons (Fsp3) is 0.520. The second-order valence-electron chi connectivity index (χ2n) is 9.24. The summed E-state index contributed by atoms with van der Waals surface area (Å²) in [5, 5.41) is 2.89. The molecule has 0 unspecified atom stereocenters. The molecule has 0 spiro atoms. The molecular formula is C25H32BrN3O4. The van der Waals surface area contributed by atoms with Gasteiger partial charge in [-0.3, -0.25) is 9.59 Å². The van der Waals surface area contributed by atoms with E-state index in [1.807, 2.05) is 33.8 Å². The quantitative estimate of drug-likeness (QED) is 0.620. The van der Waals surface area contributed by atoms with E-state index in [4.69, 9.17) is 9.47 Å². The van der Waals surface area contributed by atoms with Crippen molar-refractivity contribution in [1.82, 2.24) is 15.2 Å². The van der Waals surface area contributed by atoms with Crippen LogP contribution in [0.1, 0.15) is 59.4 Å². The number of aryl methyl sites for hydroxylation is 2. The molecule has 1 fully saturated rings. The summed E-state index contributed by atoms with van der Waals surface area (Å²) in [4.78, 5) is 30.6. The van der Waals surface area contributed by atoms with Gasteiger partial charge in [0.05, 0.1) is 4.47 Å². The number of carbonyl (C=O) groups is 1. The van der Waals surface area contributed by atoms with Gasteiger partial charge in [0.15, 0.2) is 11.5 Å². The third-order valence-electron chi connectivity index (χ3n) is 6.99. The molecule has 2 aliphatic rings. The Morgan fingerprint density at radius 2 is 1.88 bits per heavy atom. The van der Waals surface area contributed by atoms with Crippen molar-refractivity contribution in [2.75, 3.05) is 19.6 Å². The van der Waals surface area contributed by atoms with E-state index in [-0.39, 0.29) is 23.9 Å². The van der Waals surface area contributed by atoms with Crippen molar-refractivity contribution in [3.63, 3.8) is 0 Å².